The predicted octanol–water partition coefficient (Wildman–Crippen LogP) is 2.54. The minimum Gasteiger partial charge on any atom is -0.339 e. The van der Waals surface area contributed by atoms with Crippen molar-refractivity contribution in [3.8, 4) is 0 Å². The van der Waals surface area contributed by atoms with Crippen molar-refractivity contribution in [1.29, 1.82) is 0 Å². The summed E-state index contributed by atoms with van der Waals surface area (Å²) in [4.78, 5) is 4.56. The molecule has 3 rings (SSSR count). The summed E-state index contributed by atoms with van der Waals surface area (Å²) in [5, 5.41) is 16.3. The Bertz CT molecular complexity index is 648. The maximum absolute atomic E-state index is 5.32. The van der Waals surface area contributed by atoms with Crippen molar-refractivity contribution >= 4 is 0 Å². The molecule has 0 amide bonds. The fourth-order valence-corrected chi connectivity index (χ4v) is 3.02. The number of hydrogen-bond acceptors (Lipinski definition) is 6. The highest BCUT2D eigenvalue weighted by Crippen LogP contribution is 2.37. The Morgan fingerprint density at radius 3 is 2.61 bits per heavy atom. The molecule has 126 valence electrons. The van der Waals surface area contributed by atoms with Crippen LogP contribution >= 0.6 is 0 Å². The molecule has 7 nitrogen and oxygen atoms in total. The molecule has 1 saturated carbocycles. The number of hydrogen-bond donors (Lipinski definition) is 1. The Hall–Kier alpha value is -1.76. The summed E-state index contributed by atoms with van der Waals surface area (Å²) >= 11 is 0. The lowest BCUT2D eigenvalue weighted by Gasteiger charge is -2.26. The molecule has 1 aliphatic carbocycles. The van der Waals surface area contributed by atoms with Gasteiger partial charge in [0.1, 0.15) is 0 Å². The van der Waals surface area contributed by atoms with Crippen LogP contribution in [0.25, 0.3) is 0 Å². The summed E-state index contributed by atoms with van der Waals surface area (Å²) in [6.07, 6.45) is 7.19. The van der Waals surface area contributed by atoms with Crippen LogP contribution in [-0.2, 0) is 24.0 Å². The van der Waals surface area contributed by atoms with Gasteiger partial charge in [0.2, 0.25) is 5.89 Å². The zero-order valence-electron chi connectivity index (χ0n) is 14.5. The minimum atomic E-state index is -0.192. The standard InChI is InChI=1S/C16H26N6O/c1-5-13-18-14(20-23-13)16(8-6-7-9-16)17-10-12-11-22(21-19-12)15(2,3)4/h11,17H,5-10H2,1-4H3. The SMILES string of the molecule is CCc1nc(C2(NCc3cn(C(C)(C)C)nn3)CCCC2)no1. The lowest BCUT2D eigenvalue weighted by Crippen LogP contribution is -2.40. The molecule has 23 heavy (non-hydrogen) atoms. The fourth-order valence-electron chi connectivity index (χ4n) is 3.02. The van der Waals surface area contributed by atoms with Gasteiger partial charge in [-0.3, -0.25) is 5.32 Å². The number of aromatic nitrogens is 5. The van der Waals surface area contributed by atoms with Crippen molar-refractivity contribution < 1.29 is 4.52 Å². The second-order valence-electron chi connectivity index (χ2n) is 7.33. The third-order valence-electron chi connectivity index (χ3n) is 4.49. The molecule has 0 spiro atoms. The lowest BCUT2D eigenvalue weighted by atomic mass is 9.96. The van der Waals surface area contributed by atoms with Crippen LogP contribution in [0.3, 0.4) is 0 Å². The minimum absolute atomic E-state index is 0.0556. The van der Waals surface area contributed by atoms with Gasteiger partial charge in [-0.2, -0.15) is 4.98 Å². The molecule has 0 saturated heterocycles. The second-order valence-corrected chi connectivity index (χ2v) is 7.33. The molecule has 0 atom stereocenters. The van der Waals surface area contributed by atoms with Gasteiger partial charge in [0.15, 0.2) is 5.82 Å². The summed E-state index contributed by atoms with van der Waals surface area (Å²) in [5.74, 6) is 1.49. The van der Waals surface area contributed by atoms with Gasteiger partial charge in [0.05, 0.1) is 23.0 Å². The first-order valence-electron chi connectivity index (χ1n) is 8.43. The highest BCUT2D eigenvalue weighted by atomic mass is 16.5. The molecule has 1 N–H and O–H groups in total. The highest BCUT2D eigenvalue weighted by molar-refractivity contribution is 5.09. The van der Waals surface area contributed by atoms with Crippen LogP contribution in [0.4, 0.5) is 0 Å². The normalized spacial score (nSPS) is 17.7. The van der Waals surface area contributed by atoms with Crippen molar-refractivity contribution in [3.05, 3.63) is 23.6 Å². The van der Waals surface area contributed by atoms with E-state index in [9.17, 15) is 0 Å². The molecule has 0 radical (unpaired) electrons. The molecule has 0 bridgehead atoms. The summed E-state index contributed by atoms with van der Waals surface area (Å²) in [7, 11) is 0. The van der Waals surface area contributed by atoms with E-state index in [4.69, 9.17) is 4.52 Å². The van der Waals surface area contributed by atoms with E-state index in [1.165, 1.54) is 12.8 Å². The smallest absolute Gasteiger partial charge is 0.226 e. The summed E-state index contributed by atoms with van der Waals surface area (Å²) in [6, 6.07) is 0. The highest BCUT2D eigenvalue weighted by Gasteiger charge is 2.39. The number of aryl methyl sites for hydroxylation is 1. The maximum Gasteiger partial charge on any atom is 0.226 e. The lowest BCUT2D eigenvalue weighted by molar-refractivity contribution is 0.295. The van der Waals surface area contributed by atoms with Gasteiger partial charge in [0, 0.05) is 13.0 Å². The zero-order chi connectivity index (χ0) is 16.5. The Labute approximate surface area is 136 Å². The zero-order valence-corrected chi connectivity index (χ0v) is 14.5. The molecular weight excluding hydrogens is 292 g/mol. The third-order valence-corrected chi connectivity index (χ3v) is 4.49. The van der Waals surface area contributed by atoms with Gasteiger partial charge >= 0.3 is 0 Å². The Balaban J connectivity index is 1.74. The summed E-state index contributed by atoms with van der Waals surface area (Å²) in [6.45, 7) is 9.03. The van der Waals surface area contributed by atoms with E-state index in [0.29, 0.717) is 12.4 Å². The van der Waals surface area contributed by atoms with E-state index in [-0.39, 0.29) is 11.1 Å². The van der Waals surface area contributed by atoms with Crippen LogP contribution < -0.4 is 5.32 Å². The van der Waals surface area contributed by atoms with Crippen molar-refractivity contribution in [1.82, 2.24) is 30.5 Å². The molecule has 2 aromatic heterocycles. The van der Waals surface area contributed by atoms with Crippen LogP contribution in [-0.4, -0.2) is 25.1 Å². The van der Waals surface area contributed by atoms with Gasteiger partial charge < -0.3 is 4.52 Å². The van der Waals surface area contributed by atoms with E-state index >= 15 is 0 Å². The second kappa shape index (κ2) is 6.03. The molecule has 1 fully saturated rings. The topological polar surface area (TPSA) is 81.7 Å². The average Bonchev–Trinajstić information content (AvgIpc) is 3.24. The van der Waals surface area contributed by atoms with Crippen LogP contribution in [0.5, 0.6) is 0 Å². The van der Waals surface area contributed by atoms with Gasteiger partial charge in [-0.05, 0) is 33.6 Å². The first-order chi connectivity index (χ1) is 10.9. The van der Waals surface area contributed by atoms with Gasteiger partial charge in [-0.1, -0.05) is 30.1 Å². The molecule has 2 aromatic rings. The first-order valence-corrected chi connectivity index (χ1v) is 8.43. The van der Waals surface area contributed by atoms with Crippen LogP contribution in [0, 0.1) is 0 Å². The van der Waals surface area contributed by atoms with E-state index < -0.39 is 0 Å². The van der Waals surface area contributed by atoms with Gasteiger partial charge in [-0.25, -0.2) is 4.68 Å². The van der Waals surface area contributed by atoms with Gasteiger partial charge in [-0.15, -0.1) is 5.10 Å². The maximum atomic E-state index is 5.32. The van der Waals surface area contributed by atoms with Crippen molar-refractivity contribution in [3.63, 3.8) is 0 Å². The van der Waals surface area contributed by atoms with E-state index in [1.807, 2.05) is 17.8 Å². The molecule has 0 unspecified atom stereocenters. The van der Waals surface area contributed by atoms with Crippen molar-refractivity contribution in [2.75, 3.05) is 0 Å². The van der Waals surface area contributed by atoms with Crippen molar-refractivity contribution in [2.24, 2.45) is 0 Å². The summed E-state index contributed by atoms with van der Waals surface area (Å²) in [5.41, 5.74) is 0.688. The van der Waals surface area contributed by atoms with Gasteiger partial charge in [0.25, 0.3) is 0 Å². The largest absolute Gasteiger partial charge is 0.339 e. The summed E-state index contributed by atoms with van der Waals surface area (Å²) < 4.78 is 7.22. The van der Waals surface area contributed by atoms with E-state index in [0.717, 1.165) is 30.8 Å². The van der Waals surface area contributed by atoms with E-state index in [1.54, 1.807) is 0 Å². The van der Waals surface area contributed by atoms with E-state index in [2.05, 4.69) is 46.5 Å². The molecule has 7 heteroatoms. The Morgan fingerprint density at radius 2 is 2.04 bits per heavy atom. The van der Waals surface area contributed by atoms with Crippen LogP contribution in [0.2, 0.25) is 0 Å². The van der Waals surface area contributed by atoms with Crippen LogP contribution in [0.1, 0.15) is 70.8 Å². The average molecular weight is 318 g/mol. The quantitative estimate of drug-likeness (QED) is 0.912. The van der Waals surface area contributed by atoms with Crippen molar-refractivity contribution in [2.45, 2.75) is 77.4 Å². The Morgan fingerprint density at radius 1 is 1.30 bits per heavy atom. The molecule has 0 aliphatic heterocycles. The number of nitrogens with one attached hydrogen (secondary N) is 1. The molecule has 1 aliphatic rings. The molecular formula is C16H26N6O. The first kappa shape index (κ1) is 16.1. The molecule has 2 heterocycles. The monoisotopic (exact) mass is 318 g/mol. The predicted molar refractivity (Wildman–Crippen MR) is 85.7 cm³/mol. The molecule has 0 aromatic carbocycles. The fraction of sp³-hybridized carbons (Fsp3) is 0.750. The van der Waals surface area contributed by atoms with Crippen LogP contribution in [0.15, 0.2) is 10.7 Å². The number of nitrogens with zero attached hydrogens (tertiary/aromatic N) is 5. The Kier molecular flexibility index (Phi) is 4.23. The third kappa shape index (κ3) is 3.29. The number of rotatable bonds is 5.